The molecule has 4 rings (SSSR count). The molecule has 0 N–H and O–H groups in total. The summed E-state index contributed by atoms with van der Waals surface area (Å²) >= 11 is 0. The monoisotopic (exact) mass is 454 g/mol. The van der Waals surface area contributed by atoms with Crippen molar-refractivity contribution in [3.63, 3.8) is 0 Å². The molecule has 0 aliphatic heterocycles. The second-order valence-corrected chi connectivity index (χ2v) is 8.37. The molecular weight excluding hydrogens is 416 g/mol. The fourth-order valence-corrected chi connectivity index (χ4v) is 3.01. The Balaban J connectivity index is 0.000000225. The summed E-state index contributed by atoms with van der Waals surface area (Å²) in [4.78, 5) is 0. The lowest BCUT2D eigenvalue weighted by atomic mass is 10.0. The Labute approximate surface area is 206 Å². The first-order chi connectivity index (χ1) is 16.4. The van der Waals surface area contributed by atoms with Gasteiger partial charge in [0.15, 0.2) is 0 Å². The summed E-state index contributed by atoms with van der Waals surface area (Å²) in [5.74, 6) is 4.09. The first kappa shape index (κ1) is 26.7. The van der Waals surface area contributed by atoms with Gasteiger partial charge in [-0.05, 0) is 80.8 Å². The molecule has 2 heteroatoms. The van der Waals surface area contributed by atoms with E-state index in [4.69, 9.17) is 9.47 Å². The molecule has 0 atom stereocenters. The van der Waals surface area contributed by atoms with E-state index in [-0.39, 0.29) is 0 Å². The molecule has 34 heavy (non-hydrogen) atoms. The molecule has 0 aromatic heterocycles. The van der Waals surface area contributed by atoms with Crippen molar-refractivity contribution in [1.29, 1.82) is 0 Å². The number of aryl methyl sites for hydroxylation is 3. The average Bonchev–Trinajstić information content (AvgIpc) is 2.85. The molecule has 178 valence electrons. The van der Waals surface area contributed by atoms with E-state index in [1.54, 1.807) is 0 Å². The lowest BCUT2D eigenvalue weighted by Crippen LogP contribution is -1.88. The first-order valence-electron chi connectivity index (χ1n) is 12.0. The van der Waals surface area contributed by atoms with E-state index in [1.807, 2.05) is 86.6 Å². The van der Waals surface area contributed by atoms with Gasteiger partial charge in [-0.2, -0.15) is 0 Å². The predicted octanol–water partition coefficient (Wildman–Crippen LogP) is 10.0. The molecule has 2 nitrogen and oxygen atoms in total. The quantitative estimate of drug-likeness (QED) is 0.299. The summed E-state index contributed by atoms with van der Waals surface area (Å²) in [6.07, 6.45) is 0. The van der Waals surface area contributed by atoms with Crippen LogP contribution in [0.15, 0.2) is 97.1 Å². The Morgan fingerprint density at radius 2 is 0.647 bits per heavy atom. The fourth-order valence-electron chi connectivity index (χ4n) is 3.01. The highest BCUT2D eigenvalue weighted by atomic mass is 16.5. The van der Waals surface area contributed by atoms with Crippen LogP contribution >= 0.6 is 0 Å². The molecule has 0 amide bonds. The van der Waals surface area contributed by atoms with Crippen LogP contribution in [0.3, 0.4) is 0 Å². The maximum Gasteiger partial charge on any atom is 0.127 e. The van der Waals surface area contributed by atoms with Crippen LogP contribution in [0.4, 0.5) is 0 Å². The SMILES string of the molecule is CC.Cc1ccc(Oc2ccc(C(C)C)cc2)cc1.Cc1ccc(Oc2ccc(C)cc2)cc1. The smallest absolute Gasteiger partial charge is 0.127 e. The predicted molar refractivity (Wildman–Crippen MR) is 146 cm³/mol. The van der Waals surface area contributed by atoms with Crippen LogP contribution in [0.2, 0.25) is 0 Å². The van der Waals surface area contributed by atoms with Crippen molar-refractivity contribution in [3.05, 3.63) is 119 Å². The van der Waals surface area contributed by atoms with E-state index in [0.29, 0.717) is 5.92 Å². The average molecular weight is 455 g/mol. The molecule has 0 saturated heterocycles. The molecule has 0 fully saturated rings. The van der Waals surface area contributed by atoms with Crippen LogP contribution in [-0.4, -0.2) is 0 Å². The Morgan fingerprint density at radius 3 is 0.882 bits per heavy atom. The third kappa shape index (κ3) is 9.15. The number of benzene rings is 4. The molecular formula is C32H38O2. The molecule has 0 aliphatic rings. The van der Waals surface area contributed by atoms with Crippen molar-refractivity contribution < 1.29 is 9.47 Å². The van der Waals surface area contributed by atoms with Gasteiger partial charge < -0.3 is 9.47 Å². The van der Waals surface area contributed by atoms with Crippen LogP contribution < -0.4 is 9.47 Å². The van der Waals surface area contributed by atoms with Crippen molar-refractivity contribution in [2.45, 2.75) is 54.4 Å². The number of hydrogen-bond donors (Lipinski definition) is 0. The molecule has 0 radical (unpaired) electrons. The fraction of sp³-hybridized carbons (Fsp3) is 0.250. The Bertz CT molecular complexity index is 1030. The molecule has 0 unspecified atom stereocenters. The lowest BCUT2D eigenvalue weighted by molar-refractivity contribution is 0.482. The van der Waals surface area contributed by atoms with Gasteiger partial charge >= 0.3 is 0 Å². The van der Waals surface area contributed by atoms with Crippen LogP contribution in [0.1, 0.15) is 55.9 Å². The van der Waals surface area contributed by atoms with Gasteiger partial charge in [0.2, 0.25) is 0 Å². The van der Waals surface area contributed by atoms with Crippen LogP contribution in [0.5, 0.6) is 23.0 Å². The Hall–Kier alpha value is -3.52. The summed E-state index contributed by atoms with van der Waals surface area (Å²) in [7, 11) is 0. The number of rotatable bonds is 5. The summed E-state index contributed by atoms with van der Waals surface area (Å²) in [6.45, 7) is 14.6. The Morgan fingerprint density at radius 1 is 0.412 bits per heavy atom. The minimum absolute atomic E-state index is 0.559. The van der Waals surface area contributed by atoms with E-state index in [9.17, 15) is 0 Å². The largest absolute Gasteiger partial charge is 0.457 e. The number of ether oxygens (including phenoxy) is 2. The van der Waals surface area contributed by atoms with Crippen molar-refractivity contribution in [1.82, 2.24) is 0 Å². The van der Waals surface area contributed by atoms with Gasteiger partial charge in [-0.25, -0.2) is 0 Å². The van der Waals surface area contributed by atoms with Crippen LogP contribution in [0, 0.1) is 20.8 Å². The van der Waals surface area contributed by atoms with Crippen molar-refractivity contribution in [3.8, 4) is 23.0 Å². The van der Waals surface area contributed by atoms with Gasteiger partial charge in [0.25, 0.3) is 0 Å². The maximum atomic E-state index is 5.77. The van der Waals surface area contributed by atoms with E-state index in [2.05, 4.69) is 58.9 Å². The van der Waals surface area contributed by atoms with Crippen molar-refractivity contribution in [2.24, 2.45) is 0 Å². The molecule has 0 heterocycles. The van der Waals surface area contributed by atoms with Crippen LogP contribution in [-0.2, 0) is 0 Å². The highest BCUT2D eigenvalue weighted by Crippen LogP contribution is 2.24. The molecule has 0 bridgehead atoms. The first-order valence-corrected chi connectivity index (χ1v) is 12.0. The van der Waals surface area contributed by atoms with Gasteiger partial charge in [-0.15, -0.1) is 0 Å². The topological polar surface area (TPSA) is 18.5 Å². The third-order valence-electron chi connectivity index (χ3n) is 5.08. The zero-order chi connectivity index (χ0) is 24.9. The standard InChI is InChI=1S/C16H18O.C14H14O.C2H6/c1-12(2)14-6-10-16(11-7-14)17-15-8-4-13(3)5-9-15;1-11-3-7-13(8-4-11)15-14-9-5-12(2)6-10-14;1-2/h4-12H,1-3H3;3-10H,1-2H3;1-2H3. The normalized spacial score (nSPS) is 9.88. The zero-order valence-electron chi connectivity index (χ0n) is 21.6. The van der Waals surface area contributed by atoms with Crippen molar-refractivity contribution >= 4 is 0 Å². The molecule has 4 aromatic carbocycles. The summed E-state index contributed by atoms with van der Waals surface area (Å²) in [5.41, 5.74) is 5.06. The van der Waals surface area contributed by atoms with Gasteiger partial charge in [0.1, 0.15) is 23.0 Å². The van der Waals surface area contributed by atoms with Gasteiger partial charge in [0, 0.05) is 0 Å². The second-order valence-electron chi connectivity index (χ2n) is 8.37. The van der Waals surface area contributed by atoms with E-state index < -0.39 is 0 Å². The summed E-state index contributed by atoms with van der Waals surface area (Å²) < 4.78 is 11.5. The third-order valence-corrected chi connectivity index (χ3v) is 5.08. The van der Waals surface area contributed by atoms with Gasteiger partial charge in [-0.1, -0.05) is 92.9 Å². The van der Waals surface area contributed by atoms with E-state index in [0.717, 1.165) is 23.0 Å². The van der Waals surface area contributed by atoms with Gasteiger partial charge in [-0.3, -0.25) is 0 Å². The maximum absolute atomic E-state index is 5.77. The molecule has 0 spiro atoms. The number of hydrogen-bond acceptors (Lipinski definition) is 2. The van der Waals surface area contributed by atoms with E-state index in [1.165, 1.54) is 22.3 Å². The van der Waals surface area contributed by atoms with Crippen molar-refractivity contribution in [2.75, 3.05) is 0 Å². The van der Waals surface area contributed by atoms with Gasteiger partial charge in [0.05, 0.1) is 0 Å². The zero-order valence-corrected chi connectivity index (χ0v) is 21.6. The summed E-state index contributed by atoms with van der Waals surface area (Å²) in [5, 5.41) is 0. The van der Waals surface area contributed by atoms with Crippen LogP contribution in [0.25, 0.3) is 0 Å². The minimum Gasteiger partial charge on any atom is -0.457 e. The lowest BCUT2D eigenvalue weighted by Gasteiger charge is -2.08. The minimum atomic E-state index is 0.559. The molecule has 0 saturated carbocycles. The second kappa shape index (κ2) is 13.9. The highest BCUT2D eigenvalue weighted by molar-refractivity contribution is 5.35. The summed E-state index contributed by atoms with van der Waals surface area (Å²) in [6, 6.07) is 32.5. The molecule has 4 aromatic rings. The highest BCUT2D eigenvalue weighted by Gasteiger charge is 2.00. The van der Waals surface area contributed by atoms with E-state index >= 15 is 0 Å². The molecule has 0 aliphatic carbocycles. The Kier molecular flexibility index (Phi) is 10.9.